The molecule has 2 saturated heterocycles. The van der Waals surface area contributed by atoms with Crippen LogP contribution < -0.4 is 0 Å². The number of amides is 1. The van der Waals surface area contributed by atoms with Gasteiger partial charge in [-0.25, -0.2) is 4.98 Å². The van der Waals surface area contributed by atoms with Crippen LogP contribution in [0, 0.1) is 0 Å². The van der Waals surface area contributed by atoms with E-state index in [4.69, 9.17) is 9.72 Å². The van der Waals surface area contributed by atoms with Crippen molar-refractivity contribution in [2.45, 2.75) is 45.6 Å². The highest BCUT2D eigenvalue weighted by molar-refractivity contribution is 5.81. The van der Waals surface area contributed by atoms with Gasteiger partial charge in [-0.1, -0.05) is 6.07 Å². The summed E-state index contributed by atoms with van der Waals surface area (Å²) in [7, 11) is 0. The van der Waals surface area contributed by atoms with E-state index in [0.717, 1.165) is 44.1 Å². The molecule has 2 aliphatic rings. The molecule has 0 bridgehead atoms. The Kier molecular flexibility index (Phi) is 5.66. The number of nitrogens with zero attached hydrogens (tertiary/aromatic N) is 5. The monoisotopic (exact) mass is 385 g/mol. The SMILES string of the molecule is CC1CN(C(=O)C(C)N2CCN(Cc3cn4ccccc4n3)CC2)CC(C)O1. The fraction of sp³-hybridized carbons (Fsp3) is 0.619. The van der Waals surface area contributed by atoms with Crippen molar-refractivity contribution in [3.8, 4) is 0 Å². The minimum atomic E-state index is -0.0742. The zero-order valence-corrected chi connectivity index (χ0v) is 17.1. The van der Waals surface area contributed by atoms with Crippen LogP contribution in [0.5, 0.6) is 0 Å². The lowest BCUT2D eigenvalue weighted by molar-refractivity contribution is -0.148. The van der Waals surface area contributed by atoms with Crippen LogP contribution in [0.25, 0.3) is 5.65 Å². The van der Waals surface area contributed by atoms with Crippen LogP contribution >= 0.6 is 0 Å². The minimum absolute atomic E-state index is 0.0742. The molecule has 0 spiro atoms. The second kappa shape index (κ2) is 8.19. The number of carbonyl (C=O) groups excluding carboxylic acids is 1. The summed E-state index contributed by atoms with van der Waals surface area (Å²) in [6.07, 6.45) is 4.36. The van der Waals surface area contributed by atoms with E-state index in [1.165, 1.54) is 0 Å². The number of morpholine rings is 1. The molecule has 3 atom stereocenters. The molecule has 0 aliphatic carbocycles. The highest BCUT2D eigenvalue weighted by Gasteiger charge is 2.32. The van der Waals surface area contributed by atoms with Crippen LogP contribution in [0.15, 0.2) is 30.6 Å². The molecule has 28 heavy (non-hydrogen) atoms. The third-order valence-corrected chi connectivity index (χ3v) is 5.84. The van der Waals surface area contributed by atoms with Crippen molar-refractivity contribution in [1.29, 1.82) is 0 Å². The predicted molar refractivity (Wildman–Crippen MR) is 108 cm³/mol. The third kappa shape index (κ3) is 4.21. The number of aromatic nitrogens is 2. The van der Waals surface area contributed by atoms with Crippen molar-refractivity contribution < 1.29 is 9.53 Å². The number of pyridine rings is 1. The van der Waals surface area contributed by atoms with Crippen LogP contribution in [-0.4, -0.2) is 87.5 Å². The second-order valence-corrected chi connectivity index (χ2v) is 8.19. The zero-order chi connectivity index (χ0) is 19.7. The maximum atomic E-state index is 13.0. The molecule has 152 valence electrons. The number of rotatable bonds is 4. The molecule has 4 rings (SSSR count). The Labute approximate surface area is 166 Å². The quantitative estimate of drug-likeness (QED) is 0.798. The molecular weight excluding hydrogens is 354 g/mol. The fourth-order valence-corrected chi connectivity index (χ4v) is 4.38. The van der Waals surface area contributed by atoms with Gasteiger partial charge < -0.3 is 14.0 Å². The molecule has 3 unspecified atom stereocenters. The lowest BCUT2D eigenvalue weighted by Crippen LogP contribution is -2.57. The number of piperazine rings is 1. The van der Waals surface area contributed by atoms with Crippen LogP contribution in [0.3, 0.4) is 0 Å². The first-order chi connectivity index (χ1) is 13.5. The predicted octanol–water partition coefficient (Wildman–Crippen LogP) is 1.48. The molecular formula is C21H31N5O2. The molecule has 2 aromatic rings. The normalized spacial score (nSPS) is 25.9. The van der Waals surface area contributed by atoms with Gasteiger partial charge in [0.25, 0.3) is 0 Å². The molecule has 0 N–H and O–H groups in total. The van der Waals surface area contributed by atoms with Gasteiger partial charge in [-0.3, -0.25) is 14.6 Å². The van der Waals surface area contributed by atoms with E-state index in [-0.39, 0.29) is 24.2 Å². The standard InChI is InChI=1S/C21H31N5O2/c1-16-12-26(13-17(2)28-16)21(27)18(3)24-10-8-23(9-11-24)14-19-15-25-7-5-4-6-20(25)22-19/h4-7,15-18H,8-14H2,1-3H3. The van der Waals surface area contributed by atoms with E-state index in [1.54, 1.807) is 0 Å². The van der Waals surface area contributed by atoms with Gasteiger partial charge >= 0.3 is 0 Å². The Morgan fingerprint density at radius 3 is 2.57 bits per heavy atom. The van der Waals surface area contributed by atoms with Crippen LogP contribution in [0.1, 0.15) is 26.5 Å². The largest absolute Gasteiger partial charge is 0.372 e. The Balaban J connectivity index is 1.30. The smallest absolute Gasteiger partial charge is 0.239 e. The molecule has 2 aromatic heterocycles. The van der Waals surface area contributed by atoms with Crippen LogP contribution in [0.4, 0.5) is 0 Å². The minimum Gasteiger partial charge on any atom is -0.372 e. The Morgan fingerprint density at radius 2 is 1.89 bits per heavy atom. The van der Waals surface area contributed by atoms with Gasteiger partial charge in [-0.05, 0) is 32.9 Å². The molecule has 0 aromatic carbocycles. The highest BCUT2D eigenvalue weighted by atomic mass is 16.5. The highest BCUT2D eigenvalue weighted by Crippen LogP contribution is 2.16. The summed E-state index contributed by atoms with van der Waals surface area (Å²) in [6.45, 7) is 12.1. The Bertz CT molecular complexity index is 771. The number of fused-ring (bicyclic) bond motifs is 1. The van der Waals surface area contributed by atoms with E-state index in [0.29, 0.717) is 13.1 Å². The summed E-state index contributed by atoms with van der Waals surface area (Å²) in [5.41, 5.74) is 2.09. The molecule has 2 fully saturated rings. The summed E-state index contributed by atoms with van der Waals surface area (Å²) in [6, 6.07) is 5.99. The fourth-order valence-electron chi connectivity index (χ4n) is 4.38. The van der Waals surface area contributed by atoms with Crippen molar-refractivity contribution in [3.05, 3.63) is 36.3 Å². The molecule has 2 aliphatic heterocycles. The van der Waals surface area contributed by atoms with Gasteiger partial charge in [0.2, 0.25) is 5.91 Å². The second-order valence-electron chi connectivity index (χ2n) is 8.19. The lowest BCUT2D eigenvalue weighted by Gasteiger charge is -2.41. The number of carbonyl (C=O) groups is 1. The molecule has 4 heterocycles. The van der Waals surface area contributed by atoms with Gasteiger partial charge in [-0.15, -0.1) is 0 Å². The van der Waals surface area contributed by atoms with Crippen LogP contribution in [0.2, 0.25) is 0 Å². The van der Waals surface area contributed by atoms with Crippen molar-refractivity contribution in [2.75, 3.05) is 39.3 Å². The van der Waals surface area contributed by atoms with E-state index >= 15 is 0 Å². The summed E-state index contributed by atoms with van der Waals surface area (Å²) < 4.78 is 7.83. The molecule has 7 heteroatoms. The van der Waals surface area contributed by atoms with E-state index in [2.05, 4.69) is 20.4 Å². The molecule has 1 amide bonds. The number of ether oxygens (including phenoxy) is 1. The Morgan fingerprint density at radius 1 is 1.18 bits per heavy atom. The van der Waals surface area contributed by atoms with E-state index in [9.17, 15) is 4.79 Å². The van der Waals surface area contributed by atoms with Gasteiger partial charge in [-0.2, -0.15) is 0 Å². The number of imidazole rings is 1. The first-order valence-electron chi connectivity index (χ1n) is 10.3. The van der Waals surface area contributed by atoms with Crippen LogP contribution in [-0.2, 0) is 16.1 Å². The first-order valence-corrected chi connectivity index (χ1v) is 10.3. The zero-order valence-electron chi connectivity index (χ0n) is 17.1. The van der Waals surface area contributed by atoms with Gasteiger partial charge in [0.1, 0.15) is 5.65 Å². The average Bonchev–Trinajstić information content (AvgIpc) is 3.09. The van der Waals surface area contributed by atoms with Crippen molar-refractivity contribution in [2.24, 2.45) is 0 Å². The van der Waals surface area contributed by atoms with Gasteiger partial charge in [0.15, 0.2) is 0 Å². The number of hydrogen-bond acceptors (Lipinski definition) is 5. The van der Waals surface area contributed by atoms with Crippen molar-refractivity contribution in [3.63, 3.8) is 0 Å². The summed E-state index contributed by atoms with van der Waals surface area (Å²) >= 11 is 0. The maximum Gasteiger partial charge on any atom is 0.239 e. The molecule has 0 saturated carbocycles. The number of hydrogen-bond donors (Lipinski definition) is 0. The average molecular weight is 386 g/mol. The van der Waals surface area contributed by atoms with Gasteiger partial charge in [0, 0.05) is 58.2 Å². The lowest BCUT2D eigenvalue weighted by atomic mass is 10.1. The summed E-state index contributed by atoms with van der Waals surface area (Å²) in [5.74, 6) is 0.232. The summed E-state index contributed by atoms with van der Waals surface area (Å²) in [5, 5.41) is 0. The van der Waals surface area contributed by atoms with Crippen molar-refractivity contribution in [1.82, 2.24) is 24.1 Å². The first kappa shape index (κ1) is 19.4. The topological polar surface area (TPSA) is 53.3 Å². The van der Waals surface area contributed by atoms with E-state index < -0.39 is 0 Å². The van der Waals surface area contributed by atoms with Crippen molar-refractivity contribution >= 4 is 11.6 Å². The summed E-state index contributed by atoms with van der Waals surface area (Å²) in [4.78, 5) is 24.4. The molecule has 0 radical (unpaired) electrons. The molecule has 7 nitrogen and oxygen atoms in total. The Hall–Kier alpha value is -1.96. The third-order valence-electron chi connectivity index (χ3n) is 5.84. The maximum absolute atomic E-state index is 13.0. The van der Waals surface area contributed by atoms with E-state index in [1.807, 2.05) is 50.1 Å². The van der Waals surface area contributed by atoms with Gasteiger partial charge in [0.05, 0.1) is 23.9 Å².